The molecule has 0 saturated heterocycles. The van der Waals surface area contributed by atoms with Crippen LogP contribution >= 0.6 is 11.3 Å². The van der Waals surface area contributed by atoms with Crippen molar-refractivity contribution in [1.29, 1.82) is 0 Å². The van der Waals surface area contributed by atoms with Crippen molar-refractivity contribution in [1.82, 2.24) is 5.32 Å². The smallest absolute Gasteiger partial charge is 0.319 e. The fourth-order valence-electron chi connectivity index (χ4n) is 1.26. The molecule has 2 amide bonds. The molecule has 1 aromatic heterocycles. The number of hydrogen-bond donors (Lipinski definition) is 3. The van der Waals surface area contributed by atoms with Crippen molar-refractivity contribution in [3.8, 4) is 0 Å². The predicted molar refractivity (Wildman–Crippen MR) is 71.4 cm³/mol. The van der Waals surface area contributed by atoms with Crippen LogP contribution in [0.25, 0.3) is 0 Å². The van der Waals surface area contributed by atoms with E-state index in [9.17, 15) is 9.90 Å². The van der Waals surface area contributed by atoms with Gasteiger partial charge in [0.05, 0.1) is 11.1 Å². The van der Waals surface area contributed by atoms with E-state index in [2.05, 4.69) is 10.6 Å². The highest BCUT2D eigenvalue weighted by atomic mass is 32.1. The number of carbonyl (C=O) groups excluding carboxylic acids is 1. The van der Waals surface area contributed by atoms with Crippen molar-refractivity contribution in [2.45, 2.75) is 33.3 Å². The average Bonchev–Trinajstić information content (AvgIpc) is 2.68. The maximum Gasteiger partial charge on any atom is 0.319 e. The summed E-state index contributed by atoms with van der Waals surface area (Å²) in [6.07, 6.45) is 0.144. The third kappa shape index (κ3) is 5.19. The van der Waals surface area contributed by atoms with E-state index in [-0.39, 0.29) is 11.4 Å². The first-order valence-electron chi connectivity index (χ1n) is 5.66. The van der Waals surface area contributed by atoms with E-state index in [1.807, 2.05) is 38.3 Å². The first kappa shape index (κ1) is 14.0. The van der Waals surface area contributed by atoms with Crippen molar-refractivity contribution >= 4 is 22.4 Å². The van der Waals surface area contributed by atoms with Crippen molar-refractivity contribution in [2.24, 2.45) is 5.41 Å². The summed E-state index contributed by atoms with van der Waals surface area (Å²) in [7, 11) is 0. The van der Waals surface area contributed by atoms with Gasteiger partial charge in [-0.15, -0.1) is 11.3 Å². The number of nitrogens with one attached hydrogen (secondary N) is 2. The molecule has 1 aromatic rings. The van der Waals surface area contributed by atoms with Crippen LogP contribution in [-0.4, -0.2) is 23.8 Å². The zero-order chi connectivity index (χ0) is 12.9. The van der Waals surface area contributed by atoms with E-state index in [1.165, 1.54) is 11.3 Å². The summed E-state index contributed by atoms with van der Waals surface area (Å²) in [6, 6.07) is 3.49. The molecule has 0 spiro atoms. The molecule has 5 heteroatoms. The number of aliphatic hydroxyl groups is 1. The number of hydrogen-bond acceptors (Lipinski definition) is 3. The molecule has 96 valence electrons. The van der Waals surface area contributed by atoms with Crippen molar-refractivity contribution < 1.29 is 9.90 Å². The van der Waals surface area contributed by atoms with Gasteiger partial charge < -0.3 is 10.4 Å². The van der Waals surface area contributed by atoms with Gasteiger partial charge >= 0.3 is 6.03 Å². The molecule has 0 aliphatic rings. The second kappa shape index (κ2) is 6.02. The highest BCUT2D eigenvalue weighted by Crippen LogP contribution is 2.21. The van der Waals surface area contributed by atoms with Crippen LogP contribution in [0.1, 0.15) is 27.2 Å². The minimum atomic E-state index is -0.412. The number of rotatable bonds is 4. The van der Waals surface area contributed by atoms with Gasteiger partial charge in [0.1, 0.15) is 0 Å². The Morgan fingerprint density at radius 1 is 1.53 bits per heavy atom. The molecule has 1 atom stereocenters. The molecule has 4 nitrogen and oxygen atoms in total. The zero-order valence-corrected chi connectivity index (χ0v) is 11.3. The van der Waals surface area contributed by atoms with Crippen LogP contribution in [0.4, 0.5) is 9.80 Å². The van der Waals surface area contributed by atoms with Gasteiger partial charge in [-0.05, 0) is 29.3 Å². The summed E-state index contributed by atoms with van der Waals surface area (Å²) >= 11 is 1.47. The molecule has 17 heavy (non-hydrogen) atoms. The van der Waals surface area contributed by atoms with Gasteiger partial charge in [0.15, 0.2) is 0 Å². The summed E-state index contributed by atoms with van der Waals surface area (Å²) in [5.41, 5.74) is -0.147. The average molecular weight is 256 g/mol. The summed E-state index contributed by atoms with van der Waals surface area (Å²) in [5, 5.41) is 17.9. The van der Waals surface area contributed by atoms with Crippen LogP contribution in [0.5, 0.6) is 0 Å². The van der Waals surface area contributed by atoms with Crippen LogP contribution in [0.3, 0.4) is 0 Å². The molecule has 1 rings (SSSR count). The molecule has 0 aromatic carbocycles. The number of urea groups is 1. The first-order valence-corrected chi connectivity index (χ1v) is 6.54. The Morgan fingerprint density at radius 2 is 2.24 bits per heavy atom. The molecule has 0 radical (unpaired) electrons. The van der Waals surface area contributed by atoms with Gasteiger partial charge in [-0.1, -0.05) is 20.8 Å². The highest BCUT2D eigenvalue weighted by molar-refractivity contribution is 7.14. The van der Waals surface area contributed by atoms with E-state index in [1.54, 1.807) is 0 Å². The van der Waals surface area contributed by atoms with Gasteiger partial charge in [0, 0.05) is 6.54 Å². The molecule has 0 saturated carbocycles. The van der Waals surface area contributed by atoms with Crippen LogP contribution < -0.4 is 10.6 Å². The maximum atomic E-state index is 11.4. The normalized spacial score (nSPS) is 13.2. The molecular weight excluding hydrogens is 236 g/mol. The van der Waals surface area contributed by atoms with E-state index in [0.29, 0.717) is 13.0 Å². The summed E-state index contributed by atoms with van der Waals surface area (Å²) < 4.78 is 0. The number of thiophene rings is 1. The molecule has 1 heterocycles. The highest BCUT2D eigenvalue weighted by Gasteiger charge is 2.21. The van der Waals surface area contributed by atoms with Gasteiger partial charge in [-0.2, -0.15) is 0 Å². The number of amides is 2. The third-order valence-electron chi connectivity index (χ3n) is 2.46. The molecule has 0 fully saturated rings. The van der Waals surface area contributed by atoms with Gasteiger partial charge in [0.2, 0.25) is 0 Å². The minimum absolute atomic E-state index is 0.147. The van der Waals surface area contributed by atoms with E-state index >= 15 is 0 Å². The Labute approximate surface area is 106 Å². The lowest BCUT2D eigenvalue weighted by atomic mass is 9.87. The van der Waals surface area contributed by atoms with Crippen LogP contribution in [0, 0.1) is 5.41 Å². The monoisotopic (exact) mass is 256 g/mol. The maximum absolute atomic E-state index is 11.4. The largest absolute Gasteiger partial charge is 0.393 e. The van der Waals surface area contributed by atoms with Gasteiger partial charge in [0.25, 0.3) is 0 Å². The fourth-order valence-corrected chi connectivity index (χ4v) is 1.87. The minimum Gasteiger partial charge on any atom is -0.393 e. The molecule has 0 aliphatic carbocycles. The lowest BCUT2D eigenvalue weighted by Gasteiger charge is -2.25. The molecule has 3 N–H and O–H groups in total. The lowest BCUT2D eigenvalue weighted by molar-refractivity contribution is 0.0565. The number of aliphatic hydroxyl groups excluding tert-OH is 1. The second-order valence-corrected chi connectivity index (χ2v) is 5.98. The Bertz CT molecular complexity index is 344. The van der Waals surface area contributed by atoms with Crippen LogP contribution in [-0.2, 0) is 0 Å². The zero-order valence-electron chi connectivity index (χ0n) is 10.5. The van der Waals surface area contributed by atoms with Gasteiger partial charge in [-0.3, -0.25) is 5.32 Å². The first-order chi connectivity index (χ1) is 7.89. The van der Waals surface area contributed by atoms with Gasteiger partial charge in [-0.25, -0.2) is 4.79 Å². The lowest BCUT2D eigenvalue weighted by Crippen LogP contribution is -2.34. The summed E-state index contributed by atoms with van der Waals surface area (Å²) in [4.78, 5) is 11.4. The van der Waals surface area contributed by atoms with E-state index in [0.717, 1.165) is 5.00 Å². The molecular formula is C12H20N2O2S. The second-order valence-electron chi connectivity index (χ2n) is 5.03. The quantitative estimate of drug-likeness (QED) is 0.775. The van der Waals surface area contributed by atoms with Crippen molar-refractivity contribution in [3.63, 3.8) is 0 Å². The number of anilines is 1. The topological polar surface area (TPSA) is 61.4 Å². The Balaban J connectivity index is 2.21. The molecule has 0 bridgehead atoms. The fraction of sp³-hybridized carbons (Fsp3) is 0.583. The Morgan fingerprint density at radius 3 is 2.76 bits per heavy atom. The number of carbonyl (C=O) groups is 1. The molecule has 0 unspecified atom stereocenters. The molecule has 0 aliphatic heterocycles. The third-order valence-corrected chi connectivity index (χ3v) is 3.25. The van der Waals surface area contributed by atoms with Crippen LogP contribution in [0.2, 0.25) is 0 Å². The van der Waals surface area contributed by atoms with E-state index < -0.39 is 6.10 Å². The van der Waals surface area contributed by atoms with Crippen LogP contribution in [0.15, 0.2) is 17.5 Å². The van der Waals surface area contributed by atoms with Crippen molar-refractivity contribution in [3.05, 3.63) is 17.5 Å². The van der Waals surface area contributed by atoms with Crippen molar-refractivity contribution in [2.75, 3.05) is 11.9 Å². The summed E-state index contributed by atoms with van der Waals surface area (Å²) in [5.74, 6) is 0. The Hall–Kier alpha value is -1.07. The standard InChI is InChI=1S/C12H20N2O2S/c1-12(2,3)9(15)6-7-13-11(16)14-10-5-4-8-17-10/h4-5,8-9,15H,6-7H2,1-3H3,(H2,13,14,16)/t9-/m1/s1. The predicted octanol–water partition coefficient (Wildman–Crippen LogP) is 2.67. The van der Waals surface area contributed by atoms with E-state index in [4.69, 9.17) is 0 Å². The Kier molecular flexibility index (Phi) is 4.96. The SMILES string of the molecule is CC(C)(C)[C@H](O)CCNC(=O)Nc1cccs1. The summed E-state index contributed by atoms with van der Waals surface area (Å²) in [6.45, 7) is 6.39.